The third-order valence-corrected chi connectivity index (χ3v) is 5.28. The molecule has 0 aliphatic carbocycles. The number of aromatic nitrogens is 2. The summed E-state index contributed by atoms with van der Waals surface area (Å²) in [6.07, 6.45) is 2.32. The predicted molar refractivity (Wildman–Crippen MR) is 99.7 cm³/mol. The zero-order valence-corrected chi connectivity index (χ0v) is 15.5. The molecule has 2 aromatic rings. The fourth-order valence-corrected chi connectivity index (χ4v) is 3.67. The summed E-state index contributed by atoms with van der Waals surface area (Å²) in [6.45, 7) is 3.96. The van der Waals surface area contributed by atoms with Gasteiger partial charge in [-0.25, -0.2) is 0 Å². The molecule has 0 bridgehead atoms. The molecule has 1 aromatic carbocycles. The lowest BCUT2D eigenvalue weighted by molar-refractivity contribution is -0.130. The Morgan fingerprint density at radius 2 is 2.04 bits per heavy atom. The van der Waals surface area contributed by atoms with Crippen LogP contribution in [0.3, 0.4) is 0 Å². The molecule has 1 aromatic heterocycles. The molecule has 2 heterocycles. The zero-order chi connectivity index (χ0) is 17.6. The maximum absolute atomic E-state index is 12.3. The van der Waals surface area contributed by atoms with Crippen molar-refractivity contribution in [1.82, 2.24) is 15.1 Å². The van der Waals surface area contributed by atoms with E-state index in [0.717, 1.165) is 41.5 Å². The molecule has 1 saturated heterocycles. The molecule has 1 atom stereocenters. The highest BCUT2D eigenvalue weighted by molar-refractivity contribution is 7.99. The van der Waals surface area contributed by atoms with Crippen molar-refractivity contribution in [3.05, 3.63) is 36.4 Å². The second kappa shape index (κ2) is 8.34. The van der Waals surface area contributed by atoms with Gasteiger partial charge in [0.15, 0.2) is 0 Å². The van der Waals surface area contributed by atoms with E-state index in [0.29, 0.717) is 11.7 Å². The fraction of sp³-hybridized carbons (Fsp3) is 0.421. The summed E-state index contributed by atoms with van der Waals surface area (Å²) >= 11 is 1.45. The van der Waals surface area contributed by atoms with Gasteiger partial charge in [0.25, 0.3) is 0 Å². The highest BCUT2D eigenvalue weighted by Crippen LogP contribution is 2.23. The molecule has 1 aliphatic rings. The van der Waals surface area contributed by atoms with Crippen LogP contribution in [0.15, 0.2) is 41.4 Å². The minimum Gasteiger partial charge on any atom is -0.497 e. The van der Waals surface area contributed by atoms with Gasteiger partial charge in [-0.1, -0.05) is 18.7 Å². The highest BCUT2D eigenvalue weighted by atomic mass is 32.2. The molecule has 0 radical (unpaired) electrons. The minimum atomic E-state index is 0.192. The highest BCUT2D eigenvalue weighted by Gasteiger charge is 2.20. The quantitative estimate of drug-likeness (QED) is 0.767. The topological polar surface area (TPSA) is 55.3 Å². The smallest absolute Gasteiger partial charge is 0.232 e. The van der Waals surface area contributed by atoms with E-state index in [1.54, 1.807) is 7.11 Å². The van der Waals surface area contributed by atoms with E-state index in [2.05, 4.69) is 17.1 Å². The first kappa shape index (κ1) is 17.7. The van der Waals surface area contributed by atoms with E-state index in [1.807, 2.05) is 41.3 Å². The summed E-state index contributed by atoms with van der Waals surface area (Å²) in [5.74, 6) is 2.03. The summed E-state index contributed by atoms with van der Waals surface area (Å²) in [5.41, 5.74) is 1.80. The molecule has 5 nitrogen and oxygen atoms in total. The second-order valence-corrected chi connectivity index (χ2v) is 7.36. The first-order valence-electron chi connectivity index (χ1n) is 8.54. The van der Waals surface area contributed by atoms with Crippen LogP contribution < -0.4 is 4.74 Å². The van der Waals surface area contributed by atoms with Crippen LogP contribution >= 0.6 is 11.8 Å². The average molecular weight is 357 g/mol. The van der Waals surface area contributed by atoms with Crippen LogP contribution in [0, 0.1) is 5.92 Å². The molecule has 1 unspecified atom stereocenters. The van der Waals surface area contributed by atoms with Crippen molar-refractivity contribution in [3.8, 4) is 17.0 Å². The average Bonchev–Trinajstić information content (AvgIpc) is 2.66. The maximum atomic E-state index is 12.3. The van der Waals surface area contributed by atoms with Gasteiger partial charge in [0.2, 0.25) is 5.91 Å². The molecule has 0 N–H and O–H groups in total. The van der Waals surface area contributed by atoms with Gasteiger partial charge in [0, 0.05) is 18.7 Å². The zero-order valence-electron chi connectivity index (χ0n) is 14.6. The SMILES string of the molecule is COc1ccc(-c2ccc(SCC(=O)N3CCCC(C)C3)nn2)cc1. The van der Waals surface area contributed by atoms with E-state index in [4.69, 9.17) is 4.74 Å². The largest absolute Gasteiger partial charge is 0.497 e. The summed E-state index contributed by atoms with van der Waals surface area (Å²) in [7, 11) is 1.65. The van der Waals surface area contributed by atoms with E-state index in [-0.39, 0.29) is 5.91 Å². The van der Waals surface area contributed by atoms with Crippen molar-refractivity contribution in [2.75, 3.05) is 26.0 Å². The molecule has 0 saturated carbocycles. The molecule has 25 heavy (non-hydrogen) atoms. The van der Waals surface area contributed by atoms with Crippen LogP contribution in [0.2, 0.25) is 0 Å². The van der Waals surface area contributed by atoms with Gasteiger partial charge in [-0.2, -0.15) is 0 Å². The molecule has 0 spiro atoms. The van der Waals surface area contributed by atoms with Crippen molar-refractivity contribution < 1.29 is 9.53 Å². The van der Waals surface area contributed by atoms with E-state index >= 15 is 0 Å². The fourth-order valence-electron chi connectivity index (χ4n) is 2.96. The molecule has 1 amide bonds. The number of nitrogens with zero attached hydrogens (tertiary/aromatic N) is 3. The van der Waals surface area contributed by atoms with E-state index in [9.17, 15) is 4.79 Å². The Bertz CT molecular complexity index is 704. The Balaban J connectivity index is 1.56. The van der Waals surface area contributed by atoms with Gasteiger partial charge in [-0.05, 0) is 55.2 Å². The third-order valence-electron chi connectivity index (χ3n) is 4.38. The standard InChI is InChI=1S/C19H23N3O2S/c1-14-4-3-11-22(12-14)19(23)13-25-18-10-9-17(20-21-18)15-5-7-16(24-2)8-6-15/h5-10,14H,3-4,11-13H2,1-2H3. The molecule has 1 aliphatic heterocycles. The van der Waals surface area contributed by atoms with Crippen LogP contribution in [0.25, 0.3) is 11.3 Å². The lowest BCUT2D eigenvalue weighted by Crippen LogP contribution is -2.40. The van der Waals surface area contributed by atoms with Crippen molar-refractivity contribution in [3.63, 3.8) is 0 Å². The second-order valence-electron chi connectivity index (χ2n) is 6.36. The molecule has 132 valence electrons. The Labute approximate surface area is 152 Å². The Morgan fingerprint density at radius 1 is 1.24 bits per heavy atom. The first-order chi connectivity index (χ1) is 12.2. The molecule has 1 fully saturated rings. The van der Waals surface area contributed by atoms with E-state index < -0.39 is 0 Å². The van der Waals surface area contributed by atoms with Crippen molar-refractivity contribution in [1.29, 1.82) is 0 Å². The Kier molecular flexibility index (Phi) is 5.91. The van der Waals surface area contributed by atoms with Crippen LogP contribution in [0.1, 0.15) is 19.8 Å². The van der Waals surface area contributed by atoms with Gasteiger partial charge < -0.3 is 9.64 Å². The van der Waals surface area contributed by atoms with Crippen LogP contribution in [-0.2, 0) is 4.79 Å². The maximum Gasteiger partial charge on any atom is 0.232 e. The number of benzene rings is 1. The first-order valence-corrected chi connectivity index (χ1v) is 9.53. The van der Waals surface area contributed by atoms with Gasteiger partial charge in [0.05, 0.1) is 18.6 Å². The van der Waals surface area contributed by atoms with Gasteiger partial charge >= 0.3 is 0 Å². The summed E-state index contributed by atoms with van der Waals surface area (Å²) in [5, 5.41) is 9.28. The number of rotatable bonds is 5. The van der Waals surface area contributed by atoms with Gasteiger partial charge in [0.1, 0.15) is 10.8 Å². The molecular weight excluding hydrogens is 334 g/mol. The number of piperidine rings is 1. The normalized spacial score (nSPS) is 17.4. The lowest BCUT2D eigenvalue weighted by Gasteiger charge is -2.30. The van der Waals surface area contributed by atoms with Crippen molar-refractivity contribution in [2.24, 2.45) is 5.92 Å². The number of carbonyl (C=O) groups is 1. The lowest BCUT2D eigenvalue weighted by atomic mass is 10.0. The number of ether oxygens (including phenoxy) is 1. The summed E-state index contributed by atoms with van der Waals surface area (Å²) < 4.78 is 5.16. The van der Waals surface area contributed by atoms with Crippen molar-refractivity contribution in [2.45, 2.75) is 24.8 Å². The van der Waals surface area contributed by atoms with Crippen LogP contribution in [0.4, 0.5) is 0 Å². The number of hydrogen-bond donors (Lipinski definition) is 0. The van der Waals surface area contributed by atoms with Crippen LogP contribution in [0.5, 0.6) is 5.75 Å². The molecule has 6 heteroatoms. The van der Waals surface area contributed by atoms with Gasteiger partial charge in [-0.15, -0.1) is 10.2 Å². The monoisotopic (exact) mass is 357 g/mol. The number of carbonyl (C=O) groups excluding carboxylic acids is 1. The number of hydrogen-bond acceptors (Lipinski definition) is 5. The number of methoxy groups -OCH3 is 1. The van der Waals surface area contributed by atoms with Gasteiger partial charge in [-0.3, -0.25) is 4.79 Å². The molecular formula is C19H23N3O2S. The minimum absolute atomic E-state index is 0.192. The third kappa shape index (κ3) is 4.72. The predicted octanol–water partition coefficient (Wildman–Crippen LogP) is 3.50. The Hall–Kier alpha value is -2.08. The Morgan fingerprint density at radius 3 is 2.68 bits per heavy atom. The summed E-state index contributed by atoms with van der Waals surface area (Å²) in [6, 6.07) is 11.6. The van der Waals surface area contributed by atoms with Crippen LogP contribution in [-0.4, -0.2) is 47.0 Å². The molecule has 3 rings (SSSR count). The number of amides is 1. The summed E-state index contributed by atoms with van der Waals surface area (Å²) in [4.78, 5) is 14.3. The number of thioether (sulfide) groups is 1. The number of likely N-dealkylation sites (tertiary alicyclic amines) is 1. The van der Waals surface area contributed by atoms with E-state index in [1.165, 1.54) is 18.2 Å². The van der Waals surface area contributed by atoms with Crippen molar-refractivity contribution >= 4 is 17.7 Å².